The Bertz CT molecular complexity index is 1010. The lowest BCUT2D eigenvalue weighted by Crippen LogP contribution is -3.00. The van der Waals surface area contributed by atoms with Crippen LogP contribution in [0.4, 0.5) is 0 Å². The summed E-state index contributed by atoms with van der Waals surface area (Å²) in [7, 11) is 0. The SMILES string of the molecule is O=c1c(-c2ccccc2)c(O)nc(SCCN2CCOCC2)n1-c1ccccc1.[Cl-]. The van der Waals surface area contributed by atoms with Gasteiger partial charge in [0.15, 0.2) is 5.16 Å². The van der Waals surface area contributed by atoms with Gasteiger partial charge in [-0.2, -0.15) is 4.98 Å². The first kappa shape index (κ1) is 22.4. The molecule has 0 aliphatic carbocycles. The molecule has 6 nitrogen and oxygen atoms in total. The molecular weight excluding hydrogens is 422 g/mol. The van der Waals surface area contributed by atoms with Crippen LogP contribution in [0.15, 0.2) is 70.6 Å². The summed E-state index contributed by atoms with van der Waals surface area (Å²) >= 11 is 1.48. The molecule has 2 aromatic carbocycles. The van der Waals surface area contributed by atoms with Crippen molar-refractivity contribution in [1.82, 2.24) is 14.5 Å². The van der Waals surface area contributed by atoms with E-state index in [4.69, 9.17) is 4.74 Å². The van der Waals surface area contributed by atoms with Crippen LogP contribution >= 0.6 is 11.8 Å². The van der Waals surface area contributed by atoms with Crippen molar-refractivity contribution in [2.75, 3.05) is 38.6 Å². The Labute approximate surface area is 185 Å². The minimum Gasteiger partial charge on any atom is -1.00 e. The third-order valence-corrected chi connectivity index (χ3v) is 5.77. The molecule has 1 aromatic heterocycles. The molecule has 3 aromatic rings. The summed E-state index contributed by atoms with van der Waals surface area (Å²) in [5.74, 6) is 0.533. The first-order chi connectivity index (χ1) is 14.2. The zero-order chi connectivity index (χ0) is 20.1. The van der Waals surface area contributed by atoms with Crippen LogP contribution in [0.25, 0.3) is 16.8 Å². The molecule has 1 aliphatic heterocycles. The second-order valence-corrected chi connectivity index (χ2v) is 7.80. The van der Waals surface area contributed by atoms with Gasteiger partial charge < -0.3 is 22.3 Å². The molecule has 0 unspecified atom stereocenters. The molecule has 0 atom stereocenters. The molecule has 1 N–H and O–H groups in total. The second-order valence-electron chi connectivity index (χ2n) is 6.74. The van der Waals surface area contributed by atoms with E-state index in [1.165, 1.54) is 11.8 Å². The molecule has 0 saturated carbocycles. The molecule has 0 amide bonds. The van der Waals surface area contributed by atoms with Gasteiger partial charge in [0, 0.05) is 25.4 Å². The highest BCUT2D eigenvalue weighted by molar-refractivity contribution is 7.99. The molecule has 1 aliphatic rings. The van der Waals surface area contributed by atoms with Crippen LogP contribution in [0.2, 0.25) is 0 Å². The molecule has 4 rings (SSSR count). The third-order valence-electron chi connectivity index (χ3n) is 4.85. The van der Waals surface area contributed by atoms with E-state index >= 15 is 0 Å². The van der Waals surface area contributed by atoms with Crippen LogP contribution in [0, 0.1) is 0 Å². The molecule has 1 saturated heterocycles. The van der Waals surface area contributed by atoms with E-state index in [1.807, 2.05) is 48.5 Å². The van der Waals surface area contributed by atoms with Crippen molar-refractivity contribution in [3.8, 4) is 22.7 Å². The van der Waals surface area contributed by atoms with Crippen LogP contribution in [-0.4, -0.2) is 58.2 Å². The lowest BCUT2D eigenvalue weighted by Gasteiger charge is -2.26. The topological polar surface area (TPSA) is 67.6 Å². The first-order valence-electron chi connectivity index (χ1n) is 9.64. The van der Waals surface area contributed by atoms with E-state index in [2.05, 4.69) is 9.88 Å². The highest BCUT2D eigenvalue weighted by Crippen LogP contribution is 2.28. The van der Waals surface area contributed by atoms with Crippen molar-refractivity contribution in [3.63, 3.8) is 0 Å². The Morgan fingerprint density at radius 3 is 2.30 bits per heavy atom. The smallest absolute Gasteiger partial charge is 0.270 e. The van der Waals surface area contributed by atoms with Gasteiger partial charge in [0.05, 0.1) is 18.9 Å². The predicted octanol–water partition coefficient (Wildman–Crippen LogP) is 0.0334. The van der Waals surface area contributed by atoms with Gasteiger partial charge >= 0.3 is 0 Å². The van der Waals surface area contributed by atoms with Crippen molar-refractivity contribution in [1.29, 1.82) is 0 Å². The number of hydrogen-bond acceptors (Lipinski definition) is 6. The van der Waals surface area contributed by atoms with Crippen LogP contribution in [0.3, 0.4) is 0 Å². The largest absolute Gasteiger partial charge is 1.00 e. The number of morpholine rings is 1. The van der Waals surface area contributed by atoms with Gasteiger partial charge in [-0.15, -0.1) is 0 Å². The molecule has 8 heteroatoms. The van der Waals surface area contributed by atoms with Crippen LogP contribution < -0.4 is 18.0 Å². The molecule has 1 fully saturated rings. The summed E-state index contributed by atoms with van der Waals surface area (Å²) in [6, 6.07) is 18.6. The number of rotatable bonds is 6. The van der Waals surface area contributed by atoms with E-state index in [0.717, 1.165) is 44.3 Å². The van der Waals surface area contributed by atoms with E-state index in [0.29, 0.717) is 10.7 Å². The maximum atomic E-state index is 13.4. The molecule has 0 spiro atoms. The van der Waals surface area contributed by atoms with Gasteiger partial charge in [-0.1, -0.05) is 60.3 Å². The van der Waals surface area contributed by atoms with E-state index in [1.54, 1.807) is 16.7 Å². The van der Waals surface area contributed by atoms with Gasteiger partial charge in [0.2, 0.25) is 5.88 Å². The summed E-state index contributed by atoms with van der Waals surface area (Å²) < 4.78 is 6.98. The van der Waals surface area contributed by atoms with Crippen molar-refractivity contribution in [2.45, 2.75) is 5.16 Å². The summed E-state index contributed by atoms with van der Waals surface area (Å²) in [6.45, 7) is 4.21. The average molecular weight is 445 g/mol. The summed E-state index contributed by atoms with van der Waals surface area (Å²) in [5, 5.41) is 11.1. The van der Waals surface area contributed by atoms with Crippen LogP contribution in [0.1, 0.15) is 0 Å². The maximum absolute atomic E-state index is 13.4. The number of aromatic nitrogens is 2. The molecule has 0 radical (unpaired) electrons. The van der Waals surface area contributed by atoms with Crippen molar-refractivity contribution in [3.05, 3.63) is 71.0 Å². The fourth-order valence-corrected chi connectivity index (χ4v) is 4.34. The molecule has 30 heavy (non-hydrogen) atoms. The third kappa shape index (κ3) is 5.05. The van der Waals surface area contributed by atoms with Gasteiger partial charge in [-0.25, -0.2) is 0 Å². The number of halogens is 1. The molecule has 2 heterocycles. The standard InChI is InChI=1S/C22H23N3O3S.ClH/c26-20-19(17-7-3-1-4-8-17)21(27)25(18-9-5-2-6-10-18)22(23-20)29-16-13-24-11-14-28-15-12-24;/h1-10,26H,11-16H2;1H/p-1. The lowest BCUT2D eigenvalue weighted by molar-refractivity contribution is -0.00000838. The zero-order valence-corrected chi connectivity index (χ0v) is 18.0. The Kier molecular flexibility index (Phi) is 7.93. The minimum absolute atomic E-state index is 0. The van der Waals surface area contributed by atoms with Crippen molar-refractivity contribution in [2.24, 2.45) is 0 Å². The highest BCUT2D eigenvalue weighted by Gasteiger charge is 2.19. The summed E-state index contributed by atoms with van der Waals surface area (Å²) in [5.41, 5.74) is 1.32. The van der Waals surface area contributed by atoms with Gasteiger partial charge in [0.25, 0.3) is 5.56 Å². The molecule has 158 valence electrons. The quantitative estimate of drug-likeness (QED) is 0.427. The van der Waals surface area contributed by atoms with E-state index < -0.39 is 0 Å². The monoisotopic (exact) mass is 444 g/mol. The number of aromatic hydroxyl groups is 1. The average Bonchev–Trinajstić information content (AvgIpc) is 2.76. The van der Waals surface area contributed by atoms with E-state index in [-0.39, 0.29) is 29.4 Å². The van der Waals surface area contributed by atoms with E-state index in [9.17, 15) is 9.90 Å². The number of ether oxygens (including phenoxy) is 1. The fraction of sp³-hybridized carbons (Fsp3) is 0.273. The van der Waals surface area contributed by atoms with Crippen molar-refractivity contribution >= 4 is 11.8 Å². The Morgan fingerprint density at radius 1 is 1.00 bits per heavy atom. The lowest BCUT2D eigenvalue weighted by atomic mass is 10.1. The molecular formula is C22H23ClN3O3S-. The summed E-state index contributed by atoms with van der Waals surface area (Å²) in [6.07, 6.45) is 0. The Hall–Kier alpha value is -2.32. The Morgan fingerprint density at radius 2 is 1.63 bits per heavy atom. The first-order valence-corrected chi connectivity index (χ1v) is 10.6. The Balaban J connectivity index is 0.00000256. The second kappa shape index (κ2) is 10.6. The van der Waals surface area contributed by atoms with Gasteiger partial charge in [0.1, 0.15) is 5.56 Å². The minimum atomic E-state index is -0.274. The normalized spacial score (nSPS) is 14.3. The highest BCUT2D eigenvalue weighted by atomic mass is 35.5. The fourth-order valence-electron chi connectivity index (χ4n) is 3.34. The van der Waals surface area contributed by atoms with Gasteiger partial charge in [-0.3, -0.25) is 14.3 Å². The predicted molar refractivity (Wildman–Crippen MR) is 115 cm³/mol. The number of hydrogen-bond donors (Lipinski definition) is 1. The summed E-state index contributed by atoms with van der Waals surface area (Å²) in [4.78, 5) is 20.1. The van der Waals surface area contributed by atoms with Crippen LogP contribution in [-0.2, 0) is 4.74 Å². The number of benzene rings is 2. The van der Waals surface area contributed by atoms with Crippen LogP contribution in [0.5, 0.6) is 5.88 Å². The number of nitrogens with zero attached hydrogens (tertiary/aromatic N) is 3. The maximum Gasteiger partial charge on any atom is 0.270 e. The van der Waals surface area contributed by atoms with Gasteiger partial charge in [-0.05, 0) is 17.7 Å². The molecule has 0 bridgehead atoms. The zero-order valence-electron chi connectivity index (χ0n) is 16.4. The number of thioether (sulfide) groups is 1. The number of para-hydroxylation sites is 1. The van der Waals surface area contributed by atoms with Crippen molar-refractivity contribution < 1.29 is 22.3 Å².